The van der Waals surface area contributed by atoms with Gasteiger partial charge in [-0.05, 0) is 42.5 Å². The van der Waals surface area contributed by atoms with Crippen LogP contribution < -0.4 is 15.0 Å². The number of imide groups is 1. The van der Waals surface area contributed by atoms with Gasteiger partial charge in [-0.2, -0.15) is 0 Å². The molecule has 0 unspecified atom stereocenters. The van der Waals surface area contributed by atoms with Crippen LogP contribution in [0.5, 0.6) is 5.75 Å². The molecule has 1 N–H and O–H groups in total. The number of amides is 2. The number of ether oxygens (including phenoxy) is 1. The van der Waals surface area contributed by atoms with E-state index in [1.165, 1.54) is 7.11 Å². The van der Waals surface area contributed by atoms with Crippen LogP contribution in [0.2, 0.25) is 10.0 Å². The zero-order chi connectivity index (χ0) is 18.1. The lowest BCUT2D eigenvalue weighted by molar-refractivity contribution is -0.120. The molecule has 0 fully saturated rings. The number of carbonyl (C=O) groups is 2. The third-order valence-electron chi connectivity index (χ3n) is 3.53. The van der Waals surface area contributed by atoms with Crippen LogP contribution in [0.1, 0.15) is 0 Å². The van der Waals surface area contributed by atoms with E-state index in [0.29, 0.717) is 27.2 Å². The van der Waals surface area contributed by atoms with Gasteiger partial charge in [-0.1, -0.05) is 34.8 Å². The summed E-state index contributed by atoms with van der Waals surface area (Å²) in [6, 6.07) is 11.2. The van der Waals surface area contributed by atoms with Crippen molar-refractivity contribution in [2.75, 3.05) is 17.3 Å². The summed E-state index contributed by atoms with van der Waals surface area (Å²) in [5.41, 5.74) is 0.850. The van der Waals surface area contributed by atoms with Crippen LogP contribution in [0.25, 0.3) is 0 Å². The van der Waals surface area contributed by atoms with Crippen LogP contribution in [0.3, 0.4) is 0 Å². The summed E-state index contributed by atoms with van der Waals surface area (Å²) < 4.78 is 5.08. The van der Waals surface area contributed by atoms with Gasteiger partial charge in [0.05, 0.1) is 17.8 Å². The maximum atomic E-state index is 12.6. The average Bonchev–Trinajstić information content (AvgIpc) is 2.80. The molecule has 0 aliphatic carbocycles. The van der Waals surface area contributed by atoms with E-state index in [2.05, 4.69) is 5.32 Å². The Balaban J connectivity index is 1.89. The van der Waals surface area contributed by atoms with Crippen molar-refractivity contribution < 1.29 is 14.3 Å². The van der Waals surface area contributed by atoms with Gasteiger partial charge >= 0.3 is 0 Å². The number of carbonyl (C=O) groups excluding carboxylic acids is 2. The quantitative estimate of drug-likeness (QED) is 0.775. The molecule has 0 spiro atoms. The maximum Gasteiger partial charge on any atom is 0.283 e. The van der Waals surface area contributed by atoms with Gasteiger partial charge in [-0.15, -0.1) is 0 Å². The fourth-order valence-corrected chi connectivity index (χ4v) is 2.92. The van der Waals surface area contributed by atoms with Crippen molar-refractivity contribution in [2.24, 2.45) is 0 Å². The summed E-state index contributed by atoms with van der Waals surface area (Å²) in [5.74, 6) is -0.690. The van der Waals surface area contributed by atoms with Crippen LogP contribution in [0.15, 0.2) is 53.2 Å². The molecule has 0 atom stereocenters. The normalized spacial score (nSPS) is 14.3. The van der Waals surface area contributed by atoms with Crippen molar-refractivity contribution in [3.63, 3.8) is 0 Å². The number of rotatable bonds is 4. The summed E-state index contributed by atoms with van der Waals surface area (Å²) in [5, 5.41) is 3.49. The molecule has 1 aliphatic heterocycles. The van der Waals surface area contributed by atoms with Crippen molar-refractivity contribution in [3.8, 4) is 5.75 Å². The molecular formula is C17H11Cl3N2O3. The molecule has 8 heteroatoms. The molecular weight excluding hydrogens is 387 g/mol. The molecule has 2 amide bonds. The smallest absolute Gasteiger partial charge is 0.283 e. The minimum atomic E-state index is -0.615. The van der Waals surface area contributed by atoms with Crippen LogP contribution in [-0.4, -0.2) is 18.9 Å². The summed E-state index contributed by atoms with van der Waals surface area (Å²) in [4.78, 5) is 26.0. The van der Waals surface area contributed by atoms with E-state index in [4.69, 9.17) is 39.5 Å². The fraction of sp³-hybridized carbons (Fsp3) is 0.0588. The first-order valence-electron chi connectivity index (χ1n) is 7.07. The highest BCUT2D eigenvalue weighted by atomic mass is 35.5. The lowest BCUT2D eigenvalue weighted by atomic mass is 10.2. The molecule has 25 heavy (non-hydrogen) atoms. The van der Waals surface area contributed by atoms with E-state index in [-0.39, 0.29) is 10.7 Å². The molecule has 3 rings (SSSR count). The molecule has 0 saturated heterocycles. The largest absolute Gasteiger partial charge is 0.495 e. The summed E-state index contributed by atoms with van der Waals surface area (Å²) in [6.45, 7) is 0. The molecule has 2 aromatic carbocycles. The van der Waals surface area contributed by atoms with Crippen molar-refractivity contribution in [2.45, 2.75) is 0 Å². The Morgan fingerprint density at radius 3 is 2.24 bits per heavy atom. The Hall–Kier alpha value is -2.21. The van der Waals surface area contributed by atoms with Gasteiger partial charge in [0.2, 0.25) is 0 Å². The number of nitrogens with one attached hydrogen (secondary N) is 1. The lowest BCUT2D eigenvalue weighted by Gasteiger charge is -2.15. The van der Waals surface area contributed by atoms with Gasteiger partial charge in [0.1, 0.15) is 16.5 Å². The van der Waals surface area contributed by atoms with Crippen LogP contribution in [-0.2, 0) is 9.59 Å². The second kappa shape index (κ2) is 6.96. The van der Waals surface area contributed by atoms with Crippen molar-refractivity contribution in [3.05, 3.63) is 63.2 Å². The van der Waals surface area contributed by atoms with Gasteiger partial charge in [0.25, 0.3) is 11.8 Å². The number of benzene rings is 2. The van der Waals surface area contributed by atoms with Gasteiger partial charge < -0.3 is 10.1 Å². The van der Waals surface area contributed by atoms with Gasteiger partial charge in [0, 0.05) is 10.7 Å². The third-order valence-corrected chi connectivity index (χ3v) is 4.43. The van der Waals surface area contributed by atoms with Gasteiger partial charge in [0.15, 0.2) is 0 Å². The Bertz CT molecular complexity index is 895. The maximum absolute atomic E-state index is 12.6. The molecule has 5 nitrogen and oxygen atoms in total. The lowest BCUT2D eigenvalue weighted by Crippen LogP contribution is -2.32. The van der Waals surface area contributed by atoms with Crippen molar-refractivity contribution in [1.29, 1.82) is 0 Å². The minimum absolute atomic E-state index is 0.0251. The number of halogens is 3. The van der Waals surface area contributed by atoms with Crippen LogP contribution >= 0.6 is 34.8 Å². The molecule has 128 valence electrons. The molecule has 1 heterocycles. The van der Waals surface area contributed by atoms with Crippen LogP contribution in [0, 0.1) is 0 Å². The Labute approximate surface area is 158 Å². The van der Waals surface area contributed by atoms with Crippen LogP contribution in [0.4, 0.5) is 11.4 Å². The number of nitrogens with zero attached hydrogens (tertiary/aromatic N) is 1. The second-order valence-electron chi connectivity index (χ2n) is 5.09. The predicted octanol–water partition coefficient (Wildman–Crippen LogP) is 4.44. The SMILES string of the molecule is COc1ccc(NC2=C(Cl)C(=O)N(c3ccc(Cl)cc3)C2=O)cc1Cl. The standard InChI is InChI=1S/C17H11Cl3N2O3/c1-25-13-7-4-10(8-12(13)19)21-15-14(20)16(23)22(17(15)24)11-5-2-9(18)3-6-11/h2-8,21H,1H3. The zero-order valence-electron chi connectivity index (χ0n) is 12.8. The van der Waals surface area contributed by atoms with Crippen molar-refractivity contribution in [1.82, 2.24) is 0 Å². The van der Waals surface area contributed by atoms with Gasteiger partial charge in [-0.3, -0.25) is 9.59 Å². The summed E-state index contributed by atoms with van der Waals surface area (Å²) >= 11 is 18.0. The first kappa shape index (κ1) is 17.6. The Kier molecular flexibility index (Phi) is 4.90. The van der Waals surface area contributed by atoms with E-state index in [0.717, 1.165) is 4.90 Å². The Morgan fingerprint density at radius 2 is 1.64 bits per heavy atom. The monoisotopic (exact) mass is 396 g/mol. The molecule has 0 aromatic heterocycles. The first-order valence-corrected chi connectivity index (χ1v) is 8.20. The summed E-state index contributed by atoms with van der Waals surface area (Å²) in [6.07, 6.45) is 0. The van der Waals surface area contributed by atoms with E-state index < -0.39 is 11.8 Å². The number of anilines is 2. The highest BCUT2D eigenvalue weighted by Gasteiger charge is 2.38. The number of hydrogen-bond donors (Lipinski definition) is 1. The fourth-order valence-electron chi connectivity index (χ4n) is 2.32. The highest BCUT2D eigenvalue weighted by Crippen LogP contribution is 2.32. The third kappa shape index (κ3) is 3.31. The first-order chi connectivity index (χ1) is 11.9. The molecule has 2 aromatic rings. The van der Waals surface area contributed by atoms with E-state index in [1.807, 2.05) is 0 Å². The molecule has 0 radical (unpaired) electrons. The molecule has 1 aliphatic rings. The average molecular weight is 398 g/mol. The van der Waals surface area contributed by atoms with Crippen molar-refractivity contribution >= 4 is 58.0 Å². The van der Waals surface area contributed by atoms with E-state index >= 15 is 0 Å². The number of methoxy groups -OCH3 is 1. The predicted molar refractivity (Wildman–Crippen MR) is 98.5 cm³/mol. The topological polar surface area (TPSA) is 58.6 Å². The van der Waals surface area contributed by atoms with E-state index in [1.54, 1.807) is 42.5 Å². The number of hydrogen-bond acceptors (Lipinski definition) is 4. The zero-order valence-corrected chi connectivity index (χ0v) is 15.1. The minimum Gasteiger partial charge on any atom is -0.495 e. The highest BCUT2D eigenvalue weighted by molar-refractivity contribution is 6.53. The summed E-state index contributed by atoms with van der Waals surface area (Å²) in [7, 11) is 1.50. The van der Waals surface area contributed by atoms with E-state index in [9.17, 15) is 9.59 Å². The molecule has 0 bridgehead atoms. The second-order valence-corrected chi connectivity index (χ2v) is 6.31. The Morgan fingerprint density at radius 1 is 0.960 bits per heavy atom. The molecule has 0 saturated carbocycles. The van der Waals surface area contributed by atoms with Gasteiger partial charge in [-0.25, -0.2) is 4.90 Å².